The van der Waals surface area contributed by atoms with Crippen molar-refractivity contribution in [3.63, 3.8) is 0 Å². The first-order valence-electron chi connectivity index (χ1n) is 7.69. The maximum Gasteiger partial charge on any atom is 0.250 e. The molecule has 1 amide bonds. The number of rotatable bonds is 5. The predicted molar refractivity (Wildman–Crippen MR) is 82.8 cm³/mol. The van der Waals surface area contributed by atoms with Crippen molar-refractivity contribution < 1.29 is 9.53 Å². The number of amides is 1. The lowest BCUT2D eigenvalue weighted by Gasteiger charge is -2.21. The number of anilines is 1. The molecule has 1 aliphatic rings. The molecule has 2 aromatic rings. The average Bonchev–Trinajstić information content (AvgIpc) is 3.09. The number of nitrogens with one attached hydrogen (secondary N) is 1. The second-order valence-corrected chi connectivity index (χ2v) is 5.47. The van der Waals surface area contributed by atoms with E-state index in [2.05, 4.69) is 15.4 Å². The Kier molecular flexibility index (Phi) is 4.80. The van der Waals surface area contributed by atoms with Crippen molar-refractivity contribution in [2.45, 2.75) is 38.2 Å². The zero-order valence-electron chi connectivity index (χ0n) is 12.4. The van der Waals surface area contributed by atoms with Crippen LogP contribution >= 0.6 is 0 Å². The summed E-state index contributed by atoms with van der Waals surface area (Å²) in [5.41, 5.74) is 0.660. The molecule has 0 unspecified atom stereocenters. The van der Waals surface area contributed by atoms with Crippen molar-refractivity contribution in [1.82, 2.24) is 14.8 Å². The van der Waals surface area contributed by atoms with E-state index in [9.17, 15) is 4.79 Å². The van der Waals surface area contributed by atoms with Gasteiger partial charge in [0, 0.05) is 12.4 Å². The average molecular weight is 300 g/mol. The van der Waals surface area contributed by atoms with Crippen LogP contribution in [0.15, 0.2) is 36.8 Å². The first-order valence-corrected chi connectivity index (χ1v) is 7.69. The fourth-order valence-corrected chi connectivity index (χ4v) is 2.62. The van der Waals surface area contributed by atoms with Crippen molar-refractivity contribution in [2.75, 3.05) is 11.9 Å². The number of aromatic nitrogens is 3. The number of hydrogen-bond donors (Lipinski definition) is 1. The maximum absolute atomic E-state index is 11.9. The lowest BCUT2D eigenvalue weighted by molar-refractivity contribution is -0.123. The van der Waals surface area contributed by atoms with E-state index >= 15 is 0 Å². The molecule has 1 fully saturated rings. The van der Waals surface area contributed by atoms with Crippen LogP contribution in [0.4, 0.5) is 5.69 Å². The summed E-state index contributed by atoms with van der Waals surface area (Å²) in [5.74, 6) is 0.570. The van der Waals surface area contributed by atoms with Crippen LogP contribution in [0.1, 0.15) is 32.1 Å². The van der Waals surface area contributed by atoms with Crippen LogP contribution in [0.3, 0.4) is 0 Å². The van der Waals surface area contributed by atoms with Crippen molar-refractivity contribution in [3.05, 3.63) is 36.8 Å². The van der Waals surface area contributed by atoms with E-state index in [1.807, 2.05) is 24.4 Å². The Hall–Kier alpha value is -2.21. The molecule has 3 rings (SSSR count). The molecular formula is C16H20N4O2. The third-order valence-electron chi connectivity index (χ3n) is 3.77. The van der Waals surface area contributed by atoms with Gasteiger partial charge in [0.15, 0.2) is 5.82 Å². The molecule has 2 heterocycles. The lowest BCUT2D eigenvalue weighted by Crippen LogP contribution is -2.24. The Morgan fingerprint density at radius 3 is 2.86 bits per heavy atom. The summed E-state index contributed by atoms with van der Waals surface area (Å²) in [7, 11) is 0. The highest BCUT2D eigenvalue weighted by molar-refractivity contribution is 5.91. The fraction of sp³-hybridized carbons (Fsp3) is 0.438. The second kappa shape index (κ2) is 7.17. The molecule has 1 aliphatic carbocycles. The minimum absolute atomic E-state index is 0.103. The van der Waals surface area contributed by atoms with Gasteiger partial charge >= 0.3 is 0 Å². The highest BCUT2D eigenvalue weighted by atomic mass is 16.5. The zero-order valence-corrected chi connectivity index (χ0v) is 12.4. The van der Waals surface area contributed by atoms with E-state index in [-0.39, 0.29) is 18.6 Å². The van der Waals surface area contributed by atoms with E-state index in [0.717, 1.165) is 12.8 Å². The Labute approximate surface area is 129 Å². The number of pyridine rings is 1. The van der Waals surface area contributed by atoms with Gasteiger partial charge in [0.25, 0.3) is 0 Å². The van der Waals surface area contributed by atoms with Gasteiger partial charge < -0.3 is 10.1 Å². The van der Waals surface area contributed by atoms with Gasteiger partial charge in [-0.2, -0.15) is 5.10 Å². The first-order chi connectivity index (χ1) is 10.8. The van der Waals surface area contributed by atoms with Gasteiger partial charge in [0.1, 0.15) is 6.61 Å². The molecule has 6 nitrogen and oxygen atoms in total. The van der Waals surface area contributed by atoms with Crippen LogP contribution in [-0.4, -0.2) is 33.4 Å². The monoisotopic (exact) mass is 300 g/mol. The minimum atomic E-state index is -0.140. The number of hydrogen-bond acceptors (Lipinski definition) is 4. The summed E-state index contributed by atoms with van der Waals surface area (Å²) in [5, 5.41) is 6.90. The topological polar surface area (TPSA) is 69.0 Å². The van der Waals surface area contributed by atoms with Gasteiger partial charge in [-0.15, -0.1) is 0 Å². The van der Waals surface area contributed by atoms with Gasteiger partial charge in [0.05, 0.1) is 18.0 Å². The van der Waals surface area contributed by atoms with E-state index in [4.69, 9.17) is 4.74 Å². The minimum Gasteiger partial charge on any atom is -0.368 e. The molecule has 0 radical (unpaired) electrons. The first kappa shape index (κ1) is 14.7. The van der Waals surface area contributed by atoms with E-state index in [1.54, 1.807) is 17.1 Å². The standard InChI is InChI=1S/C16H20N4O2/c21-16(12-22-14-5-2-1-3-6-14)19-13-7-8-15(17-11-13)20-10-4-9-18-20/h4,7-11,14H,1-3,5-6,12H2,(H,19,21). The molecule has 0 bridgehead atoms. The highest BCUT2D eigenvalue weighted by Crippen LogP contribution is 2.20. The van der Waals surface area contributed by atoms with Crippen LogP contribution in [0.2, 0.25) is 0 Å². The molecule has 0 atom stereocenters. The Bertz CT molecular complexity index is 589. The molecule has 6 heteroatoms. The van der Waals surface area contributed by atoms with Crippen molar-refractivity contribution in [3.8, 4) is 5.82 Å². The third kappa shape index (κ3) is 3.92. The van der Waals surface area contributed by atoms with Crippen molar-refractivity contribution in [1.29, 1.82) is 0 Å². The van der Waals surface area contributed by atoms with Crippen LogP contribution in [0.25, 0.3) is 5.82 Å². The summed E-state index contributed by atoms with van der Waals surface area (Å²) in [6.07, 6.45) is 11.2. The van der Waals surface area contributed by atoms with Gasteiger partial charge in [-0.1, -0.05) is 19.3 Å². The molecule has 1 N–H and O–H groups in total. The predicted octanol–water partition coefficient (Wildman–Crippen LogP) is 2.56. The van der Waals surface area contributed by atoms with Gasteiger partial charge in [-0.25, -0.2) is 9.67 Å². The number of ether oxygens (including phenoxy) is 1. The molecule has 0 saturated heterocycles. The number of carbonyl (C=O) groups is 1. The zero-order chi connectivity index (χ0) is 15.2. The third-order valence-corrected chi connectivity index (χ3v) is 3.77. The summed E-state index contributed by atoms with van der Waals surface area (Å²) in [4.78, 5) is 16.2. The Morgan fingerprint density at radius 1 is 1.32 bits per heavy atom. The van der Waals surface area contributed by atoms with Crippen LogP contribution in [0, 0.1) is 0 Å². The maximum atomic E-state index is 11.9. The molecule has 0 spiro atoms. The SMILES string of the molecule is O=C(COC1CCCCC1)Nc1ccc(-n2cccn2)nc1. The summed E-state index contributed by atoms with van der Waals surface area (Å²) >= 11 is 0. The molecule has 116 valence electrons. The molecule has 2 aromatic heterocycles. The number of nitrogens with zero attached hydrogens (tertiary/aromatic N) is 3. The van der Waals surface area contributed by atoms with Crippen molar-refractivity contribution in [2.24, 2.45) is 0 Å². The largest absolute Gasteiger partial charge is 0.368 e. The molecule has 0 aromatic carbocycles. The van der Waals surface area contributed by atoms with Gasteiger partial charge in [-0.05, 0) is 31.0 Å². The van der Waals surface area contributed by atoms with Crippen LogP contribution in [-0.2, 0) is 9.53 Å². The molecule has 22 heavy (non-hydrogen) atoms. The van der Waals surface area contributed by atoms with Crippen molar-refractivity contribution >= 4 is 11.6 Å². The van der Waals surface area contributed by atoms with Gasteiger partial charge in [0.2, 0.25) is 5.91 Å². The van der Waals surface area contributed by atoms with Crippen LogP contribution in [0.5, 0.6) is 0 Å². The smallest absolute Gasteiger partial charge is 0.250 e. The lowest BCUT2D eigenvalue weighted by atomic mass is 9.98. The molecule has 1 saturated carbocycles. The quantitative estimate of drug-likeness (QED) is 0.921. The van der Waals surface area contributed by atoms with Crippen LogP contribution < -0.4 is 5.32 Å². The van der Waals surface area contributed by atoms with E-state index in [1.165, 1.54) is 19.3 Å². The number of carbonyl (C=O) groups excluding carboxylic acids is 1. The summed E-state index contributed by atoms with van der Waals surface area (Å²) in [6.45, 7) is 0.103. The van der Waals surface area contributed by atoms with E-state index < -0.39 is 0 Å². The Morgan fingerprint density at radius 2 is 2.18 bits per heavy atom. The molecular weight excluding hydrogens is 280 g/mol. The highest BCUT2D eigenvalue weighted by Gasteiger charge is 2.15. The van der Waals surface area contributed by atoms with E-state index in [0.29, 0.717) is 11.5 Å². The van der Waals surface area contributed by atoms with Gasteiger partial charge in [-0.3, -0.25) is 4.79 Å². The molecule has 0 aliphatic heterocycles. The fourth-order valence-electron chi connectivity index (χ4n) is 2.62. The summed E-state index contributed by atoms with van der Waals surface area (Å²) in [6, 6.07) is 5.45. The normalized spacial score (nSPS) is 15.6. The second-order valence-electron chi connectivity index (χ2n) is 5.47. The Balaban J connectivity index is 1.48. The summed E-state index contributed by atoms with van der Waals surface area (Å²) < 4.78 is 7.32.